The summed E-state index contributed by atoms with van der Waals surface area (Å²) < 4.78 is 0. The average Bonchev–Trinajstić information content (AvgIpc) is 3.00. The molecular formula is C33H46N6O. The van der Waals surface area contributed by atoms with Gasteiger partial charge in [0, 0.05) is 31.3 Å². The van der Waals surface area contributed by atoms with Crippen molar-refractivity contribution in [1.82, 2.24) is 25.1 Å². The van der Waals surface area contributed by atoms with Crippen LogP contribution in [0.3, 0.4) is 0 Å². The van der Waals surface area contributed by atoms with E-state index in [0.29, 0.717) is 6.42 Å². The molecule has 0 radical (unpaired) electrons. The molecule has 0 spiro atoms. The van der Waals surface area contributed by atoms with Crippen LogP contribution in [0, 0.1) is 5.92 Å². The van der Waals surface area contributed by atoms with E-state index in [4.69, 9.17) is 4.98 Å². The first-order valence-electron chi connectivity index (χ1n) is 15.4. The number of carbonyl (C=O) groups is 1. The number of nitrogens with one attached hydrogen (secondary N) is 2. The quantitative estimate of drug-likeness (QED) is 0.300. The maximum atomic E-state index is 12.4. The maximum absolute atomic E-state index is 12.4. The smallest absolute Gasteiger partial charge is 0.220 e. The molecule has 7 nitrogen and oxygen atoms in total. The first-order chi connectivity index (χ1) is 19.6. The Kier molecular flexibility index (Phi) is 10.4. The predicted molar refractivity (Wildman–Crippen MR) is 165 cm³/mol. The van der Waals surface area contributed by atoms with Crippen LogP contribution in [0.5, 0.6) is 0 Å². The molecule has 40 heavy (non-hydrogen) atoms. The highest BCUT2D eigenvalue weighted by Crippen LogP contribution is 2.27. The fourth-order valence-corrected chi connectivity index (χ4v) is 6.01. The summed E-state index contributed by atoms with van der Waals surface area (Å²) in [5.41, 5.74) is 6.06. The van der Waals surface area contributed by atoms with E-state index < -0.39 is 0 Å². The van der Waals surface area contributed by atoms with Gasteiger partial charge in [-0.2, -0.15) is 0 Å². The molecule has 0 atom stereocenters. The number of benzene rings is 1. The van der Waals surface area contributed by atoms with Gasteiger partial charge in [-0.25, -0.2) is 4.98 Å². The largest absolute Gasteiger partial charge is 0.383 e. The third kappa shape index (κ3) is 8.24. The highest BCUT2D eigenvalue weighted by atomic mass is 16.1. The molecular weight excluding hydrogens is 496 g/mol. The summed E-state index contributed by atoms with van der Waals surface area (Å²) in [7, 11) is 2.19. The highest BCUT2D eigenvalue weighted by molar-refractivity contribution is 5.90. The van der Waals surface area contributed by atoms with E-state index in [1.807, 2.05) is 18.3 Å². The van der Waals surface area contributed by atoms with Crippen molar-refractivity contribution in [3.8, 4) is 11.3 Å². The Hall–Kier alpha value is -3.03. The number of anilines is 1. The number of aryl methyl sites for hydroxylation is 1. The third-order valence-electron chi connectivity index (χ3n) is 8.58. The van der Waals surface area contributed by atoms with Crippen molar-refractivity contribution in [3.05, 3.63) is 54.2 Å². The number of nitrogens with zero attached hydrogens (tertiary/aromatic N) is 4. The lowest BCUT2D eigenvalue weighted by molar-refractivity contribution is -0.121. The minimum atomic E-state index is 0.150. The molecule has 1 amide bonds. The second-order valence-corrected chi connectivity index (χ2v) is 11.7. The molecule has 0 saturated carbocycles. The Bertz CT molecular complexity index is 1220. The molecule has 7 heteroatoms. The van der Waals surface area contributed by atoms with Crippen LogP contribution in [-0.2, 0) is 11.2 Å². The zero-order valence-electron chi connectivity index (χ0n) is 24.2. The molecule has 0 bridgehead atoms. The molecule has 3 aromatic rings. The Labute approximate surface area is 239 Å². The summed E-state index contributed by atoms with van der Waals surface area (Å²) in [6.45, 7) is 7.70. The molecule has 5 rings (SSSR count). The topological polar surface area (TPSA) is 73.4 Å². The van der Waals surface area contributed by atoms with Crippen molar-refractivity contribution < 1.29 is 4.79 Å². The van der Waals surface area contributed by atoms with Crippen LogP contribution in [-0.4, -0.2) is 78.5 Å². The van der Waals surface area contributed by atoms with Crippen LogP contribution in [0.25, 0.3) is 22.3 Å². The first kappa shape index (κ1) is 28.5. The number of hydrogen-bond donors (Lipinski definition) is 2. The van der Waals surface area contributed by atoms with Gasteiger partial charge in [-0.15, -0.1) is 0 Å². The van der Waals surface area contributed by atoms with Crippen LogP contribution in [0.15, 0.2) is 48.7 Å². The number of rotatable bonds is 12. The fraction of sp³-hybridized carbons (Fsp3) is 0.545. The molecule has 214 valence electrons. The summed E-state index contributed by atoms with van der Waals surface area (Å²) in [6.07, 6.45) is 11.9. The zero-order valence-corrected chi connectivity index (χ0v) is 24.2. The van der Waals surface area contributed by atoms with Gasteiger partial charge in [-0.05, 0) is 114 Å². The second kappa shape index (κ2) is 14.6. The molecule has 0 unspecified atom stereocenters. The highest BCUT2D eigenvalue weighted by Gasteiger charge is 2.16. The summed E-state index contributed by atoms with van der Waals surface area (Å²) in [5.74, 6) is 0.899. The number of hydrogen-bond acceptors (Lipinski definition) is 6. The summed E-state index contributed by atoms with van der Waals surface area (Å²) in [6, 6.07) is 14.6. The number of aromatic nitrogens is 2. The molecule has 2 aromatic heterocycles. The Balaban J connectivity index is 1.12. The van der Waals surface area contributed by atoms with E-state index in [1.54, 1.807) is 0 Å². The van der Waals surface area contributed by atoms with Crippen LogP contribution in [0.4, 0.5) is 5.69 Å². The van der Waals surface area contributed by atoms with E-state index in [0.717, 1.165) is 72.8 Å². The number of pyridine rings is 2. The lowest BCUT2D eigenvalue weighted by Crippen LogP contribution is -2.32. The van der Waals surface area contributed by atoms with E-state index in [1.165, 1.54) is 63.8 Å². The van der Waals surface area contributed by atoms with Gasteiger partial charge in [-0.1, -0.05) is 30.7 Å². The van der Waals surface area contributed by atoms with Crippen molar-refractivity contribution in [1.29, 1.82) is 0 Å². The minimum absolute atomic E-state index is 0.150. The van der Waals surface area contributed by atoms with Crippen LogP contribution >= 0.6 is 0 Å². The summed E-state index contributed by atoms with van der Waals surface area (Å²) in [4.78, 5) is 26.9. The van der Waals surface area contributed by atoms with Crippen LogP contribution in [0.1, 0.15) is 56.9 Å². The Morgan fingerprint density at radius 2 is 1.80 bits per heavy atom. The van der Waals surface area contributed by atoms with Gasteiger partial charge in [0.1, 0.15) is 5.52 Å². The number of fused-ring (bicyclic) bond motifs is 1. The number of carbonyl (C=O) groups excluding carboxylic acids is 1. The van der Waals surface area contributed by atoms with Gasteiger partial charge in [0.15, 0.2) is 0 Å². The number of amides is 1. The van der Waals surface area contributed by atoms with Gasteiger partial charge in [0.25, 0.3) is 0 Å². The molecule has 0 aliphatic carbocycles. The number of piperidine rings is 2. The minimum Gasteiger partial charge on any atom is -0.383 e. The molecule has 1 aromatic carbocycles. The van der Waals surface area contributed by atoms with Gasteiger partial charge in [0.2, 0.25) is 5.91 Å². The molecule has 2 aliphatic rings. The maximum Gasteiger partial charge on any atom is 0.220 e. The van der Waals surface area contributed by atoms with E-state index in [-0.39, 0.29) is 5.91 Å². The fourth-order valence-electron chi connectivity index (χ4n) is 6.01. The van der Waals surface area contributed by atoms with Crippen LogP contribution < -0.4 is 10.6 Å². The van der Waals surface area contributed by atoms with Gasteiger partial charge < -0.3 is 20.4 Å². The molecule has 2 aliphatic heterocycles. The summed E-state index contributed by atoms with van der Waals surface area (Å²) >= 11 is 0. The van der Waals surface area contributed by atoms with Crippen molar-refractivity contribution in [3.63, 3.8) is 0 Å². The molecule has 2 fully saturated rings. The monoisotopic (exact) mass is 542 g/mol. The Morgan fingerprint density at radius 1 is 1.00 bits per heavy atom. The van der Waals surface area contributed by atoms with E-state index >= 15 is 0 Å². The second-order valence-electron chi connectivity index (χ2n) is 11.7. The van der Waals surface area contributed by atoms with Crippen molar-refractivity contribution in [2.24, 2.45) is 5.92 Å². The van der Waals surface area contributed by atoms with E-state index in [9.17, 15) is 4.79 Å². The van der Waals surface area contributed by atoms with Crippen molar-refractivity contribution in [2.75, 3.05) is 58.2 Å². The first-order valence-corrected chi connectivity index (χ1v) is 15.4. The lowest BCUT2D eigenvalue weighted by Gasteiger charge is -2.28. The summed E-state index contributed by atoms with van der Waals surface area (Å²) in [5, 5.41) is 6.78. The SMILES string of the molecule is CN1CCC(CCNC(=O)CCc2ccc(-c3cc(NCCCN4CCCCC4)c4ncccc4n3)cc2)CC1. The standard InChI is InChI=1S/C33H46N6O/c1-38-23-15-27(16-24-38)14-19-35-32(40)13-10-26-8-11-28(12-9-26)30-25-31(33-29(37-30)7-5-17-36-33)34-18-6-22-39-20-3-2-4-21-39/h5,7-9,11-12,17,25,27H,2-4,6,10,13-16,18-24H2,1H3,(H,34,37)(H,35,40). The van der Waals surface area contributed by atoms with Gasteiger partial charge in [0.05, 0.1) is 16.9 Å². The lowest BCUT2D eigenvalue weighted by atomic mass is 9.94. The zero-order chi connectivity index (χ0) is 27.6. The molecule has 2 saturated heterocycles. The van der Waals surface area contributed by atoms with Crippen molar-refractivity contribution >= 4 is 22.6 Å². The number of likely N-dealkylation sites (tertiary alicyclic amines) is 2. The predicted octanol–water partition coefficient (Wildman–Crippen LogP) is 5.37. The molecule has 4 heterocycles. The van der Waals surface area contributed by atoms with Gasteiger partial charge >= 0.3 is 0 Å². The van der Waals surface area contributed by atoms with Gasteiger partial charge in [-0.3, -0.25) is 9.78 Å². The molecule has 2 N–H and O–H groups in total. The third-order valence-corrected chi connectivity index (χ3v) is 8.58. The normalized spacial score (nSPS) is 17.2. The average molecular weight is 543 g/mol. The van der Waals surface area contributed by atoms with Crippen LogP contribution in [0.2, 0.25) is 0 Å². The van der Waals surface area contributed by atoms with E-state index in [2.05, 4.69) is 62.8 Å². The Morgan fingerprint density at radius 3 is 2.60 bits per heavy atom. The van der Waals surface area contributed by atoms with Crippen molar-refractivity contribution in [2.45, 2.75) is 57.8 Å².